The number of benzene rings is 1. The molecule has 0 saturated carbocycles. The lowest BCUT2D eigenvalue weighted by molar-refractivity contribution is -0.910. The van der Waals surface area contributed by atoms with Gasteiger partial charge in [-0.1, -0.05) is 18.2 Å². The van der Waals surface area contributed by atoms with Crippen LogP contribution in [-0.4, -0.2) is 31.4 Å². The van der Waals surface area contributed by atoms with Crippen LogP contribution in [0.3, 0.4) is 0 Å². The molecule has 5 nitrogen and oxygen atoms in total. The minimum atomic E-state index is -0.131. The van der Waals surface area contributed by atoms with Crippen molar-refractivity contribution >= 4 is 34.5 Å². The van der Waals surface area contributed by atoms with Crippen molar-refractivity contribution < 1.29 is 14.5 Å². The van der Waals surface area contributed by atoms with Gasteiger partial charge in [-0.15, -0.1) is 11.3 Å². The molecule has 0 bridgehead atoms. The second-order valence-electron chi connectivity index (χ2n) is 6.34. The number of anilines is 2. The van der Waals surface area contributed by atoms with E-state index in [-0.39, 0.29) is 18.4 Å². The van der Waals surface area contributed by atoms with Crippen LogP contribution in [0.2, 0.25) is 0 Å². The number of hydrogen-bond acceptors (Lipinski definition) is 3. The Balaban J connectivity index is 1.53. The quantitative estimate of drug-likeness (QED) is 0.887. The fourth-order valence-electron chi connectivity index (χ4n) is 3.70. The zero-order valence-corrected chi connectivity index (χ0v) is 14.1. The van der Waals surface area contributed by atoms with Crippen molar-refractivity contribution in [1.82, 2.24) is 0 Å². The Morgan fingerprint density at radius 1 is 1.29 bits per heavy atom. The van der Waals surface area contributed by atoms with E-state index in [1.807, 2.05) is 24.3 Å². The summed E-state index contributed by atoms with van der Waals surface area (Å²) in [5.74, 6) is -0.107. The molecule has 2 atom stereocenters. The first-order valence-corrected chi connectivity index (χ1v) is 9.17. The fraction of sp³-hybridized carbons (Fsp3) is 0.333. The number of hydrogen-bond donors (Lipinski definition) is 2. The number of thiophene rings is 1. The topological polar surface area (TPSA) is 53.9 Å². The SMILES string of the molecule is O=C1CN(C(=O)C[NH+]2CCC[C@@H]2c2cccs2)c2ccccc2N1. The van der Waals surface area contributed by atoms with E-state index in [2.05, 4.69) is 22.8 Å². The molecular formula is C18H20N3O2S+. The number of quaternary nitrogens is 1. The highest BCUT2D eigenvalue weighted by atomic mass is 32.1. The first-order chi connectivity index (χ1) is 11.7. The van der Waals surface area contributed by atoms with Crippen LogP contribution in [0.15, 0.2) is 41.8 Å². The van der Waals surface area contributed by atoms with Gasteiger partial charge >= 0.3 is 0 Å². The number of carbonyl (C=O) groups is 2. The van der Waals surface area contributed by atoms with Gasteiger partial charge in [-0.2, -0.15) is 0 Å². The molecule has 6 heteroatoms. The highest BCUT2D eigenvalue weighted by molar-refractivity contribution is 7.10. The number of carbonyl (C=O) groups excluding carboxylic acids is 2. The summed E-state index contributed by atoms with van der Waals surface area (Å²) in [6.45, 7) is 1.55. The monoisotopic (exact) mass is 342 g/mol. The van der Waals surface area contributed by atoms with Gasteiger partial charge in [-0.25, -0.2) is 0 Å². The molecule has 1 fully saturated rings. The first-order valence-electron chi connectivity index (χ1n) is 8.29. The Morgan fingerprint density at radius 2 is 2.17 bits per heavy atom. The summed E-state index contributed by atoms with van der Waals surface area (Å²) in [7, 11) is 0. The van der Waals surface area contributed by atoms with Crippen LogP contribution in [0, 0.1) is 0 Å². The Kier molecular flexibility index (Phi) is 4.08. The molecule has 124 valence electrons. The lowest BCUT2D eigenvalue weighted by Gasteiger charge is -2.30. The van der Waals surface area contributed by atoms with Crippen LogP contribution in [-0.2, 0) is 9.59 Å². The van der Waals surface area contributed by atoms with Gasteiger partial charge in [0.2, 0.25) is 5.91 Å². The zero-order valence-electron chi connectivity index (χ0n) is 13.3. The van der Waals surface area contributed by atoms with Crippen molar-refractivity contribution in [3.05, 3.63) is 46.7 Å². The largest absolute Gasteiger partial charge is 0.323 e. The molecule has 0 radical (unpaired) electrons. The molecule has 24 heavy (non-hydrogen) atoms. The number of rotatable bonds is 3. The van der Waals surface area contributed by atoms with Crippen LogP contribution in [0.5, 0.6) is 0 Å². The molecule has 2 aromatic rings. The summed E-state index contributed by atoms with van der Waals surface area (Å²) < 4.78 is 0. The molecule has 2 N–H and O–H groups in total. The lowest BCUT2D eigenvalue weighted by atomic mass is 10.1. The number of amides is 2. The van der Waals surface area contributed by atoms with Crippen LogP contribution < -0.4 is 15.1 Å². The molecule has 2 aliphatic rings. The first kappa shape index (κ1) is 15.4. The van der Waals surface area contributed by atoms with Crippen LogP contribution in [0.25, 0.3) is 0 Å². The molecule has 2 aliphatic heterocycles. The van der Waals surface area contributed by atoms with E-state index in [0.29, 0.717) is 18.3 Å². The predicted molar refractivity (Wildman–Crippen MR) is 94.4 cm³/mol. The molecule has 0 spiro atoms. The second-order valence-corrected chi connectivity index (χ2v) is 7.32. The van der Waals surface area contributed by atoms with Gasteiger partial charge in [0.25, 0.3) is 5.91 Å². The summed E-state index contributed by atoms with van der Waals surface area (Å²) in [4.78, 5) is 29.1. The van der Waals surface area contributed by atoms with Gasteiger partial charge in [0.1, 0.15) is 12.6 Å². The lowest BCUT2D eigenvalue weighted by Crippen LogP contribution is -3.11. The van der Waals surface area contributed by atoms with Gasteiger partial charge in [0, 0.05) is 12.8 Å². The maximum Gasteiger partial charge on any atom is 0.282 e. The summed E-state index contributed by atoms with van der Waals surface area (Å²) in [5, 5.41) is 4.93. The van der Waals surface area contributed by atoms with E-state index in [1.54, 1.807) is 16.2 Å². The van der Waals surface area contributed by atoms with Crippen molar-refractivity contribution in [2.45, 2.75) is 18.9 Å². The summed E-state index contributed by atoms with van der Waals surface area (Å²) in [6, 6.07) is 12.1. The number of para-hydroxylation sites is 2. The van der Waals surface area contributed by atoms with Gasteiger partial charge in [-0.05, 0) is 23.6 Å². The Morgan fingerprint density at radius 3 is 3.00 bits per heavy atom. The second kappa shape index (κ2) is 6.37. The van der Waals surface area contributed by atoms with E-state index in [1.165, 1.54) is 9.78 Å². The summed E-state index contributed by atoms with van der Waals surface area (Å²) in [6.07, 6.45) is 2.27. The smallest absolute Gasteiger partial charge is 0.282 e. The minimum Gasteiger partial charge on any atom is -0.323 e. The molecule has 0 aliphatic carbocycles. The maximum atomic E-state index is 12.9. The molecule has 1 aromatic heterocycles. The Hall–Kier alpha value is -2.18. The third-order valence-electron chi connectivity index (χ3n) is 4.82. The molecule has 4 rings (SSSR count). The summed E-state index contributed by atoms with van der Waals surface area (Å²) >= 11 is 1.77. The van der Waals surface area contributed by atoms with Gasteiger partial charge in [0.05, 0.1) is 22.8 Å². The molecular weight excluding hydrogens is 322 g/mol. The average molecular weight is 342 g/mol. The number of nitrogens with zero attached hydrogens (tertiary/aromatic N) is 1. The number of likely N-dealkylation sites (tertiary alicyclic amines) is 1. The molecule has 1 aromatic carbocycles. The van der Waals surface area contributed by atoms with E-state index >= 15 is 0 Å². The van der Waals surface area contributed by atoms with E-state index < -0.39 is 0 Å². The zero-order chi connectivity index (χ0) is 16.5. The van der Waals surface area contributed by atoms with E-state index in [4.69, 9.17) is 0 Å². The third kappa shape index (κ3) is 2.83. The molecule has 1 saturated heterocycles. The Labute approximate surface area is 144 Å². The van der Waals surface area contributed by atoms with E-state index in [0.717, 1.165) is 25.1 Å². The number of nitrogens with one attached hydrogen (secondary N) is 2. The predicted octanol–water partition coefficient (Wildman–Crippen LogP) is 1.45. The van der Waals surface area contributed by atoms with Crippen LogP contribution in [0.1, 0.15) is 23.8 Å². The molecule has 1 unspecified atom stereocenters. The van der Waals surface area contributed by atoms with Crippen molar-refractivity contribution in [2.75, 3.05) is 29.9 Å². The standard InChI is InChI=1S/C18H19N3O2S/c22-17-11-21(14-6-2-1-5-13(14)19-17)18(23)12-20-9-3-7-15(20)16-8-4-10-24-16/h1-2,4-6,8,10,15H,3,7,9,11-12H2,(H,19,22)/p+1/t15-/m1/s1. The Bertz CT molecular complexity index is 759. The van der Waals surface area contributed by atoms with Crippen LogP contribution in [0.4, 0.5) is 11.4 Å². The van der Waals surface area contributed by atoms with Gasteiger partial charge in [-0.3, -0.25) is 14.5 Å². The van der Waals surface area contributed by atoms with Crippen molar-refractivity contribution in [3.63, 3.8) is 0 Å². The van der Waals surface area contributed by atoms with Gasteiger partial charge < -0.3 is 10.2 Å². The molecule has 3 heterocycles. The minimum absolute atomic E-state index is 0.0238. The maximum absolute atomic E-state index is 12.9. The normalized spacial score (nSPS) is 23.0. The van der Waals surface area contributed by atoms with Crippen molar-refractivity contribution in [1.29, 1.82) is 0 Å². The highest BCUT2D eigenvalue weighted by Crippen LogP contribution is 2.29. The van der Waals surface area contributed by atoms with E-state index in [9.17, 15) is 9.59 Å². The molecule has 2 amide bonds. The number of fused-ring (bicyclic) bond motifs is 1. The van der Waals surface area contributed by atoms with Crippen molar-refractivity contribution in [3.8, 4) is 0 Å². The fourth-order valence-corrected chi connectivity index (χ4v) is 4.62. The van der Waals surface area contributed by atoms with Gasteiger partial charge in [0.15, 0.2) is 6.54 Å². The average Bonchev–Trinajstić information content (AvgIpc) is 3.25. The van der Waals surface area contributed by atoms with Crippen molar-refractivity contribution in [2.24, 2.45) is 0 Å². The van der Waals surface area contributed by atoms with Crippen LogP contribution >= 0.6 is 11.3 Å². The summed E-state index contributed by atoms with van der Waals surface area (Å²) in [5.41, 5.74) is 1.52. The third-order valence-corrected chi connectivity index (χ3v) is 5.81. The highest BCUT2D eigenvalue weighted by Gasteiger charge is 2.35.